The van der Waals surface area contributed by atoms with Gasteiger partial charge in [-0.15, -0.1) is 12.6 Å². The first-order valence-corrected chi connectivity index (χ1v) is 42.5. The Morgan fingerprint density at radius 1 is 0.887 bits per heavy atom. The highest BCUT2D eigenvalue weighted by Gasteiger charge is 2.46. The SMILES string of the molecule is CCCC(=O)CCCCC[N+]1=C(/C=C/C=C/C=C2\N(CC)c3ccccc3C2(C)C)C(C)(C)c2cc(C)ccc21.CCSSCOCCCCCCC(=O)CCC#Cc1cn([C@H]2C[C@H](OCS(C)=S)[C@@H](COP(=O)(O)OP(=O)(O)OP(=O)(O)O)O2)c2nc(N)[nH]c(=O)c12.O=S(=O)=O. The first-order valence-electron chi connectivity index (χ1n) is 31.8. The molecule has 0 radical (unpaired) electrons. The molecule has 3 aliphatic rings. The van der Waals surface area contributed by atoms with Crippen LogP contribution in [0.15, 0.2) is 89.5 Å². The number of para-hydroxylation sites is 1. The summed E-state index contributed by atoms with van der Waals surface area (Å²) in [5, 5.41) is 0.100. The van der Waals surface area contributed by atoms with Crippen molar-refractivity contribution < 1.29 is 87.4 Å². The lowest BCUT2D eigenvalue weighted by Gasteiger charge is -2.25. The van der Waals surface area contributed by atoms with Crippen LogP contribution in [-0.4, -0.2) is 131 Å². The van der Waals surface area contributed by atoms with Gasteiger partial charge in [-0.25, -0.2) is 13.7 Å². The first kappa shape index (κ1) is 83.1. The highest BCUT2D eigenvalue weighted by molar-refractivity contribution is 8.76. The molecule has 2 aromatic carbocycles. The highest BCUT2D eigenvalue weighted by Crippen LogP contribution is 2.66. The number of rotatable bonds is 36. The summed E-state index contributed by atoms with van der Waals surface area (Å²) in [6.07, 6.45) is 21.7. The Morgan fingerprint density at radius 2 is 1.57 bits per heavy atom. The van der Waals surface area contributed by atoms with Gasteiger partial charge in [0, 0.05) is 105 Å². The molecule has 3 unspecified atom stereocenters. The molecule has 25 nitrogen and oxygen atoms in total. The molecule has 536 valence electrons. The van der Waals surface area contributed by atoms with Crippen LogP contribution in [0, 0.1) is 18.8 Å². The normalized spacial score (nSPS) is 19.0. The average Bonchev–Trinajstić information content (AvgIpc) is 1.61. The predicted molar refractivity (Wildman–Crippen MR) is 385 cm³/mol. The van der Waals surface area contributed by atoms with E-state index in [1.165, 1.54) is 50.2 Å². The number of Topliss-reactive ketones (excluding diaryl/α,β-unsaturated/α-hetero) is 2. The zero-order valence-electron chi connectivity index (χ0n) is 56.2. The lowest BCUT2D eigenvalue weighted by molar-refractivity contribution is -0.438. The van der Waals surface area contributed by atoms with E-state index in [1.807, 2.05) is 0 Å². The number of nitrogens with zero attached hydrogens (tertiary/aromatic N) is 4. The lowest BCUT2D eigenvalue weighted by Crippen LogP contribution is -2.29. The second kappa shape index (κ2) is 39.6. The van der Waals surface area contributed by atoms with E-state index in [0.717, 1.165) is 83.1 Å². The molecule has 97 heavy (non-hydrogen) atoms. The van der Waals surface area contributed by atoms with Gasteiger partial charge in [-0.05, 0) is 101 Å². The molecule has 0 spiro atoms. The molecule has 0 bridgehead atoms. The number of ketones is 2. The molecule has 5 heterocycles. The number of H-pyrrole nitrogens is 1. The quantitative estimate of drug-likeness (QED) is 0.00468. The summed E-state index contributed by atoms with van der Waals surface area (Å²) in [5.74, 6) is 7.97. The number of aromatic nitrogens is 3. The summed E-state index contributed by atoms with van der Waals surface area (Å²) in [6.45, 7) is 19.8. The van der Waals surface area contributed by atoms with Crippen LogP contribution in [0.1, 0.15) is 167 Å². The predicted octanol–water partition coefficient (Wildman–Crippen LogP) is 12.1. The number of hydrogen-bond donors (Lipinski definition) is 6. The van der Waals surface area contributed by atoms with E-state index in [9.17, 15) is 37.9 Å². The number of carbonyl (C=O) groups excluding carboxylic acids is 2. The summed E-state index contributed by atoms with van der Waals surface area (Å²) >= 11 is 5.20. The monoisotopic (exact) mass is 1500 g/mol. The summed E-state index contributed by atoms with van der Waals surface area (Å²) in [7, 11) is -17.1. The number of fused-ring (bicyclic) bond motifs is 3. The number of hydrogen-bond acceptors (Lipinski definition) is 21. The van der Waals surface area contributed by atoms with Crippen molar-refractivity contribution in [2.45, 2.75) is 175 Å². The van der Waals surface area contributed by atoms with Gasteiger partial charge in [-0.3, -0.25) is 23.9 Å². The van der Waals surface area contributed by atoms with Gasteiger partial charge in [0.15, 0.2) is 11.4 Å². The third-order valence-corrected chi connectivity index (χ3v) is 22.5. The van der Waals surface area contributed by atoms with E-state index in [2.05, 4.69) is 168 Å². The van der Waals surface area contributed by atoms with Gasteiger partial charge in [0.2, 0.25) is 11.6 Å². The van der Waals surface area contributed by atoms with Crippen LogP contribution in [0.25, 0.3) is 11.0 Å². The summed E-state index contributed by atoms with van der Waals surface area (Å²) in [5.41, 5.74) is 15.0. The minimum Gasteiger partial charge on any atom is -0.370 e. The van der Waals surface area contributed by atoms with Crippen LogP contribution in [0.3, 0.4) is 0 Å². The molecular weight excluding hydrogens is 1410 g/mol. The van der Waals surface area contributed by atoms with Gasteiger partial charge >= 0.3 is 34.1 Å². The minimum atomic E-state index is -5.74. The number of ether oxygens (including phenoxy) is 3. The number of unbranched alkanes of at least 4 members (excludes halogenated alkanes) is 5. The number of phosphoric acid groups is 3. The molecule has 7 rings (SSSR count). The van der Waals surface area contributed by atoms with Crippen molar-refractivity contribution in [1.29, 1.82) is 0 Å². The number of likely N-dealkylation sites (N-methyl/N-ethyl adjacent to an activating group) is 1. The van der Waals surface area contributed by atoms with Gasteiger partial charge in [0.05, 0.1) is 35.0 Å². The maximum Gasteiger partial charge on any atom is 0.490 e. The van der Waals surface area contributed by atoms with Crippen molar-refractivity contribution in [2.75, 3.05) is 60.8 Å². The molecule has 1 saturated heterocycles. The number of phosphoric ester groups is 1. The van der Waals surface area contributed by atoms with E-state index >= 15 is 0 Å². The molecule has 2 aromatic heterocycles. The Hall–Kier alpha value is -4.57. The molecule has 6 atom stereocenters. The molecule has 0 amide bonds. The van der Waals surface area contributed by atoms with Gasteiger partial charge < -0.3 is 49.0 Å². The summed E-state index contributed by atoms with van der Waals surface area (Å²) < 4.78 is 94.2. The van der Waals surface area contributed by atoms with Crippen molar-refractivity contribution >= 4 is 122 Å². The molecule has 3 aliphatic heterocycles. The van der Waals surface area contributed by atoms with E-state index in [0.29, 0.717) is 24.7 Å². The zero-order chi connectivity index (χ0) is 71.7. The fourth-order valence-electron chi connectivity index (χ4n) is 11.5. The minimum absolute atomic E-state index is 0.0136. The Kier molecular flexibility index (Phi) is 33.9. The number of nitrogens with two attached hydrogens (primary N) is 1. The largest absolute Gasteiger partial charge is 0.490 e. The fraction of sp³-hybridized carbons (Fsp3) is 0.547. The van der Waals surface area contributed by atoms with Crippen molar-refractivity contribution in [2.24, 2.45) is 0 Å². The first-order chi connectivity index (χ1) is 45.7. The van der Waals surface area contributed by atoms with Gasteiger partial charge in [-0.2, -0.15) is 18.2 Å². The van der Waals surface area contributed by atoms with Crippen LogP contribution in [0.2, 0.25) is 0 Å². The Bertz CT molecular complexity index is 3910. The van der Waals surface area contributed by atoms with Gasteiger partial charge in [0.1, 0.15) is 36.4 Å². The summed E-state index contributed by atoms with van der Waals surface area (Å²) in [6, 6.07) is 15.7. The Balaban J connectivity index is 0.000000343. The van der Waals surface area contributed by atoms with Crippen LogP contribution in [-0.2, 0) is 92.7 Å². The maximum absolute atomic E-state index is 13.0. The van der Waals surface area contributed by atoms with Crippen molar-refractivity contribution in [1.82, 2.24) is 14.5 Å². The van der Waals surface area contributed by atoms with Gasteiger partial charge in [0.25, 0.3) is 5.56 Å². The second-order valence-electron chi connectivity index (χ2n) is 24.0. The number of benzene rings is 2. The highest BCUT2D eigenvalue weighted by atomic mass is 33.1. The standard InChI is InChI=1S/C37H49N2O.C27H43N4O15P3S4.O3S/c1-8-18-29(40)19-12-11-17-26-39-33-25-24-28(3)27-31(33)37(6,7)35(39)23-14-10-13-22-34-36(4,5)30-20-15-16-21-32(30)38(34)9-2;1-3-51-52-17-41-13-9-5-4-6-11-20(32)12-8-7-10-19-15-31(25-24(19)26(33)30-27(28)29-25)23-14-21(42-18-53(2)50)22(44-23)16-43-48(37,38)46-49(39,40)45-47(34,35)36;1-4(2)3/h10,13-16,20-25,27H,8-9,11-12,17-19,26H2,1-7H3;15,21-23H,3-6,8-9,11-14,16-18H2,1-2H3,(H,37,38)(H,39,40)(H2,34,35,36)(H3,28,29,30,33);/q+1;;/t;21-,22+,23+,53?;/m.0./s1. The molecule has 0 saturated carbocycles. The lowest BCUT2D eigenvalue weighted by atomic mass is 9.81. The smallest absolute Gasteiger partial charge is 0.370 e. The number of nitrogens with one attached hydrogen (secondary N) is 1. The number of anilines is 2. The number of aromatic amines is 1. The van der Waals surface area contributed by atoms with E-state index < -0.39 is 74.1 Å². The van der Waals surface area contributed by atoms with Crippen LogP contribution < -0.4 is 16.2 Å². The third kappa shape index (κ3) is 26.4. The fourth-order valence-corrected chi connectivity index (χ4v) is 16.3. The van der Waals surface area contributed by atoms with Crippen LogP contribution in [0.5, 0.6) is 0 Å². The van der Waals surface area contributed by atoms with Gasteiger partial charge in [-0.1, -0.05) is 131 Å². The molecular formula is C64H92N6O19P3S5+. The van der Waals surface area contributed by atoms with E-state index in [4.69, 9.17) is 58.1 Å². The molecule has 4 aromatic rings. The number of allylic oxidation sites excluding steroid dienone is 6. The molecule has 0 aliphatic carbocycles. The van der Waals surface area contributed by atoms with Crippen molar-refractivity contribution in [3.05, 3.63) is 117 Å². The number of aryl methyl sites for hydroxylation is 1. The van der Waals surface area contributed by atoms with Crippen LogP contribution in [0.4, 0.5) is 17.3 Å². The number of nitrogen functional groups attached to an aromatic ring is 1. The Morgan fingerprint density at radius 3 is 2.24 bits per heavy atom. The van der Waals surface area contributed by atoms with Crippen molar-refractivity contribution in [3.8, 4) is 11.8 Å². The molecule has 7 N–H and O–H groups in total. The topological polar surface area (TPSA) is 356 Å². The van der Waals surface area contributed by atoms with Crippen LogP contribution >= 0.6 is 45.1 Å². The van der Waals surface area contributed by atoms with E-state index in [-0.39, 0.29) is 64.4 Å². The summed E-state index contributed by atoms with van der Waals surface area (Å²) in [4.78, 5) is 83.5. The van der Waals surface area contributed by atoms with Crippen molar-refractivity contribution in [3.63, 3.8) is 0 Å². The molecule has 33 heteroatoms. The number of carbonyl (C=O) groups is 2. The Labute approximate surface area is 584 Å². The zero-order valence-corrected chi connectivity index (χ0v) is 63.0. The molecule has 1 fully saturated rings. The second-order valence-corrected chi connectivity index (χ2v) is 34.6. The third-order valence-electron chi connectivity index (χ3n) is 15.8. The maximum atomic E-state index is 13.0. The van der Waals surface area contributed by atoms with E-state index in [1.54, 1.807) is 27.8 Å². The average molecular weight is 1500 g/mol.